The summed E-state index contributed by atoms with van der Waals surface area (Å²) in [5, 5.41) is 3.00. The molecule has 3 aromatic rings. The zero-order valence-electron chi connectivity index (χ0n) is 9.46. The highest BCUT2D eigenvalue weighted by Crippen LogP contribution is 2.18. The van der Waals surface area contributed by atoms with Crippen LogP contribution in [0.1, 0.15) is 5.56 Å². The lowest BCUT2D eigenvalue weighted by Gasteiger charge is -2.02. The van der Waals surface area contributed by atoms with Gasteiger partial charge in [0.25, 0.3) is 0 Å². The van der Waals surface area contributed by atoms with Gasteiger partial charge >= 0.3 is 6.01 Å². The molecule has 0 aliphatic carbocycles. The van der Waals surface area contributed by atoms with Crippen LogP contribution in [0.15, 0.2) is 59.0 Å². The molecule has 88 valence electrons. The molecule has 0 aliphatic heterocycles. The number of oxazole rings is 1. The van der Waals surface area contributed by atoms with Crippen LogP contribution in [0.4, 0.5) is 6.01 Å². The van der Waals surface area contributed by atoms with Gasteiger partial charge < -0.3 is 4.42 Å². The predicted molar refractivity (Wildman–Crippen MR) is 75.8 cm³/mol. The fourth-order valence-electron chi connectivity index (χ4n) is 1.68. The van der Waals surface area contributed by atoms with Gasteiger partial charge in [-0.2, -0.15) is 4.98 Å². The third-order valence-corrected chi connectivity index (χ3v) is 2.89. The maximum atomic E-state index is 5.55. The Balaban J connectivity index is 1.86. The standard InChI is InChI=1S/C14H10N2OS/c18-13(10-6-2-1-3-7-10)16-14-15-11-8-4-5-9-12(11)17-14/h1-9H,(H,15,16,18). The second-order valence-electron chi connectivity index (χ2n) is 3.81. The summed E-state index contributed by atoms with van der Waals surface area (Å²) in [6.45, 7) is 0. The summed E-state index contributed by atoms with van der Waals surface area (Å²) in [7, 11) is 0. The monoisotopic (exact) mass is 254 g/mol. The van der Waals surface area contributed by atoms with Gasteiger partial charge in [0.15, 0.2) is 5.58 Å². The van der Waals surface area contributed by atoms with Crippen LogP contribution < -0.4 is 5.32 Å². The average Bonchev–Trinajstić information content (AvgIpc) is 2.82. The Hall–Kier alpha value is -2.20. The maximum Gasteiger partial charge on any atom is 0.300 e. The van der Waals surface area contributed by atoms with Crippen molar-refractivity contribution in [2.45, 2.75) is 0 Å². The van der Waals surface area contributed by atoms with Crippen molar-refractivity contribution in [1.29, 1.82) is 0 Å². The molecule has 0 saturated carbocycles. The topological polar surface area (TPSA) is 38.1 Å². The number of para-hydroxylation sites is 2. The molecule has 1 N–H and O–H groups in total. The van der Waals surface area contributed by atoms with Crippen molar-refractivity contribution in [1.82, 2.24) is 4.98 Å². The van der Waals surface area contributed by atoms with Crippen LogP contribution in [0.25, 0.3) is 11.1 Å². The Bertz CT molecular complexity index is 658. The summed E-state index contributed by atoms with van der Waals surface area (Å²) in [5.74, 6) is 0. The molecule has 0 atom stereocenters. The number of rotatable bonds is 2. The van der Waals surface area contributed by atoms with Gasteiger partial charge in [-0.05, 0) is 12.1 Å². The van der Waals surface area contributed by atoms with E-state index >= 15 is 0 Å². The zero-order chi connectivity index (χ0) is 12.4. The second kappa shape index (κ2) is 4.58. The molecule has 2 aromatic carbocycles. The van der Waals surface area contributed by atoms with Gasteiger partial charge in [-0.25, -0.2) is 0 Å². The Morgan fingerprint density at radius 2 is 1.72 bits per heavy atom. The molecule has 1 aromatic heterocycles. The van der Waals surface area contributed by atoms with E-state index in [0.29, 0.717) is 11.0 Å². The molecule has 0 radical (unpaired) electrons. The quantitative estimate of drug-likeness (QED) is 0.709. The molecule has 0 aliphatic rings. The normalized spacial score (nSPS) is 10.4. The Morgan fingerprint density at radius 3 is 2.50 bits per heavy atom. The third kappa shape index (κ3) is 2.10. The van der Waals surface area contributed by atoms with Gasteiger partial charge in [0, 0.05) is 5.56 Å². The Labute approximate surface area is 109 Å². The highest BCUT2D eigenvalue weighted by molar-refractivity contribution is 7.81. The summed E-state index contributed by atoms with van der Waals surface area (Å²) in [4.78, 5) is 4.91. The fraction of sp³-hybridized carbons (Fsp3) is 0. The van der Waals surface area contributed by atoms with E-state index in [9.17, 15) is 0 Å². The average molecular weight is 254 g/mol. The van der Waals surface area contributed by atoms with E-state index in [1.807, 2.05) is 54.6 Å². The molecular weight excluding hydrogens is 244 g/mol. The molecule has 3 rings (SSSR count). The van der Waals surface area contributed by atoms with Crippen LogP contribution >= 0.6 is 12.2 Å². The molecule has 3 nitrogen and oxygen atoms in total. The summed E-state index contributed by atoms with van der Waals surface area (Å²) in [6, 6.07) is 17.7. The van der Waals surface area contributed by atoms with Crippen molar-refractivity contribution >= 4 is 34.3 Å². The van der Waals surface area contributed by atoms with Gasteiger partial charge in [0.2, 0.25) is 0 Å². The number of nitrogens with one attached hydrogen (secondary N) is 1. The smallest absolute Gasteiger partial charge is 0.300 e. The number of hydrogen-bond donors (Lipinski definition) is 1. The minimum atomic E-state index is 0.421. The molecular formula is C14H10N2OS. The molecule has 0 fully saturated rings. The molecule has 0 amide bonds. The highest BCUT2D eigenvalue weighted by Gasteiger charge is 2.07. The van der Waals surface area contributed by atoms with Crippen LogP contribution in [0.2, 0.25) is 0 Å². The van der Waals surface area contributed by atoms with Crippen LogP contribution in [-0.2, 0) is 0 Å². The van der Waals surface area contributed by atoms with E-state index in [1.54, 1.807) is 0 Å². The molecule has 0 spiro atoms. The summed E-state index contributed by atoms with van der Waals surface area (Å²) >= 11 is 5.30. The number of fused-ring (bicyclic) bond motifs is 1. The number of benzene rings is 2. The minimum Gasteiger partial charge on any atom is -0.423 e. The largest absolute Gasteiger partial charge is 0.423 e. The predicted octanol–water partition coefficient (Wildman–Crippen LogP) is 3.62. The van der Waals surface area contributed by atoms with E-state index in [2.05, 4.69) is 10.3 Å². The van der Waals surface area contributed by atoms with Gasteiger partial charge in [0.05, 0.1) is 0 Å². The van der Waals surface area contributed by atoms with E-state index in [1.165, 1.54) is 0 Å². The summed E-state index contributed by atoms with van der Waals surface area (Å²) in [6.07, 6.45) is 0. The molecule has 4 heteroatoms. The Morgan fingerprint density at radius 1 is 1.00 bits per heavy atom. The van der Waals surface area contributed by atoms with E-state index in [-0.39, 0.29) is 0 Å². The zero-order valence-corrected chi connectivity index (χ0v) is 10.3. The van der Waals surface area contributed by atoms with E-state index < -0.39 is 0 Å². The van der Waals surface area contributed by atoms with Crippen LogP contribution in [0, 0.1) is 0 Å². The molecule has 1 heterocycles. The summed E-state index contributed by atoms with van der Waals surface area (Å²) < 4.78 is 5.55. The van der Waals surface area contributed by atoms with Crippen LogP contribution in [0.3, 0.4) is 0 Å². The molecule has 0 saturated heterocycles. The number of aromatic nitrogens is 1. The second-order valence-corrected chi connectivity index (χ2v) is 4.22. The van der Waals surface area contributed by atoms with Gasteiger partial charge in [-0.1, -0.05) is 54.7 Å². The highest BCUT2D eigenvalue weighted by atomic mass is 32.1. The van der Waals surface area contributed by atoms with Gasteiger partial charge in [-0.3, -0.25) is 5.32 Å². The van der Waals surface area contributed by atoms with Crippen molar-refractivity contribution < 1.29 is 4.42 Å². The first-order valence-corrected chi connectivity index (χ1v) is 5.96. The van der Waals surface area contributed by atoms with Crippen molar-refractivity contribution in [3.63, 3.8) is 0 Å². The molecule has 0 unspecified atom stereocenters. The number of anilines is 1. The fourth-order valence-corrected chi connectivity index (χ4v) is 1.91. The van der Waals surface area contributed by atoms with Crippen molar-refractivity contribution in [3.05, 3.63) is 60.2 Å². The number of nitrogens with zero attached hydrogens (tertiary/aromatic N) is 1. The third-order valence-electron chi connectivity index (χ3n) is 2.55. The first kappa shape index (κ1) is 10.9. The number of thiocarbonyl (C=S) groups is 1. The first-order valence-electron chi connectivity index (χ1n) is 5.55. The maximum absolute atomic E-state index is 5.55. The minimum absolute atomic E-state index is 0.421. The van der Waals surface area contributed by atoms with Gasteiger partial charge in [0.1, 0.15) is 10.5 Å². The van der Waals surface area contributed by atoms with Crippen LogP contribution in [-0.4, -0.2) is 9.97 Å². The van der Waals surface area contributed by atoms with Crippen molar-refractivity contribution in [3.8, 4) is 0 Å². The number of hydrogen-bond acceptors (Lipinski definition) is 3. The SMILES string of the molecule is S=C(Nc1nc2ccccc2o1)c1ccccc1. The lowest BCUT2D eigenvalue weighted by molar-refractivity contribution is 0.625. The van der Waals surface area contributed by atoms with Crippen molar-refractivity contribution in [2.24, 2.45) is 0 Å². The van der Waals surface area contributed by atoms with E-state index in [0.717, 1.165) is 16.7 Å². The van der Waals surface area contributed by atoms with Gasteiger partial charge in [-0.15, -0.1) is 0 Å². The van der Waals surface area contributed by atoms with Crippen LogP contribution in [0.5, 0.6) is 0 Å². The molecule has 0 bridgehead atoms. The lowest BCUT2D eigenvalue weighted by Crippen LogP contribution is -2.10. The molecule has 18 heavy (non-hydrogen) atoms. The van der Waals surface area contributed by atoms with Crippen molar-refractivity contribution in [2.75, 3.05) is 5.32 Å². The summed E-state index contributed by atoms with van der Waals surface area (Å²) in [5.41, 5.74) is 2.50. The van der Waals surface area contributed by atoms with E-state index in [4.69, 9.17) is 16.6 Å². The lowest BCUT2D eigenvalue weighted by atomic mass is 10.2. The Kier molecular flexibility index (Phi) is 2.78. The first-order chi connectivity index (χ1) is 8.83.